The lowest BCUT2D eigenvalue weighted by atomic mass is 10.2. The van der Waals surface area contributed by atoms with E-state index >= 15 is 0 Å². The average molecular weight is 459 g/mol. The van der Waals surface area contributed by atoms with E-state index in [4.69, 9.17) is 37.9 Å². The number of hydrogen-bond acceptors (Lipinski definition) is 7. The van der Waals surface area contributed by atoms with Gasteiger partial charge in [-0.1, -0.05) is 23.2 Å². The zero-order valence-electron chi connectivity index (χ0n) is 14.2. The minimum Gasteiger partial charge on any atom is -0.493 e. The van der Waals surface area contributed by atoms with Crippen LogP contribution in [0.3, 0.4) is 0 Å². The molecule has 146 valence electrons. The molecule has 0 aromatic heterocycles. The maximum absolute atomic E-state index is 12.5. The Morgan fingerprint density at radius 2 is 1.86 bits per heavy atom. The normalized spacial score (nSPS) is 15.6. The Labute approximate surface area is 175 Å². The Balaban J connectivity index is 1.95. The number of amides is 1. The Morgan fingerprint density at radius 1 is 1.18 bits per heavy atom. The quantitative estimate of drug-likeness (QED) is 0.537. The lowest BCUT2D eigenvalue weighted by molar-refractivity contribution is -0.113. The number of methoxy groups -OCH3 is 1. The molecular formula is C17H12Cl2N2O5S2. The Morgan fingerprint density at radius 3 is 2.43 bits per heavy atom. The molecule has 7 nitrogen and oxygen atoms in total. The number of thioether (sulfide) groups is 1. The summed E-state index contributed by atoms with van der Waals surface area (Å²) >= 11 is 13.0. The van der Waals surface area contributed by atoms with E-state index < -0.39 is 16.0 Å². The van der Waals surface area contributed by atoms with E-state index in [-0.39, 0.29) is 26.6 Å². The maximum Gasteiger partial charge on any atom is 0.339 e. The summed E-state index contributed by atoms with van der Waals surface area (Å²) < 4.78 is 35.4. The number of nitrogens with two attached hydrogens (primary N) is 1. The molecule has 0 bridgehead atoms. The third kappa shape index (κ3) is 4.44. The number of benzene rings is 2. The van der Waals surface area contributed by atoms with Gasteiger partial charge in [-0.25, -0.2) is 0 Å². The van der Waals surface area contributed by atoms with Gasteiger partial charge in [0.15, 0.2) is 10.9 Å². The van der Waals surface area contributed by atoms with Gasteiger partial charge in [0, 0.05) is 5.02 Å². The molecule has 2 aromatic rings. The molecule has 0 atom stereocenters. The fourth-order valence-electron chi connectivity index (χ4n) is 2.24. The van der Waals surface area contributed by atoms with Gasteiger partial charge >= 0.3 is 10.1 Å². The Kier molecular flexibility index (Phi) is 5.90. The molecule has 0 aliphatic carbocycles. The van der Waals surface area contributed by atoms with Crippen molar-refractivity contribution in [2.24, 2.45) is 10.7 Å². The van der Waals surface area contributed by atoms with Gasteiger partial charge in [0.1, 0.15) is 4.90 Å². The minimum absolute atomic E-state index is 0.0203. The molecule has 2 N–H and O–H groups in total. The fourth-order valence-corrected chi connectivity index (χ4v) is 4.31. The van der Waals surface area contributed by atoms with E-state index in [1.165, 1.54) is 49.6 Å². The number of ether oxygens (including phenoxy) is 1. The van der Waals surface area contributed by atoms with Crippen molar-refractivity contribution in [2.45, 2.75) is 4.90 Å². The SMILES string of the molecule is COc1cc(C=C2SC(N)=NC2=O)cc(Cl)c1OS(=O)(=O)c1ccc(Cl)cc1. The summed E-state index contributed by atoms with van der Waals surface area (Å²) in [6, 6.07) is 8.39. The van der Waals surface area contributed by atoms with Crippen LogP contribution in [0.25, 0.3) is 6.08 Å². The molecule has 11 heteroatoms. The Hall–Kier alpha value is -2.20. The predicted octanol–water partition coefficient (Wildman–Crippen LogP) is 3.70. The van der Waals surface area contributed by atoms with Crippen molar-refractivity contribution in [3.05, 3.63) is 56.9 Å². The number of rotatable bonds is 5. The molecule has 0 saturated carbocycles. The third-order valence-electron chi connectivity index (χ3n) is 3.48. The number of nitrogens with zero attached hydrogens (tertiary/aromatic N) is 1. The molecule has 28 heavy (non-hydrogen) atoms. The molecule has 0 fully saturated rings. The van der Waals surface area contributed by atoms with Gasteiger partial charge in [0.05, 0.1) is 17.0 Å². The summed E-state index contributed by atoms with van der Waals surface area (Å²) in [5, 5.41) is 0.507. The number of carbonyl (C=O) groups excluding carboxylic acids is 1. The highest BCUT2D eigenvalue weighted by Gasteiger charge is 2.23. The van der Waals surface area contributed by atoms with Crippen LogP contribution < -0.4 is 14.7 Å². The van der Waals surface area contributed by atoms with E-state index in [0.717, 1.165) is 11.8 Å². The van der Waals surface area contributed by atoms with Crippen molar-refractivity contribution in [3.8, 4) is 11.5 Å². The van der Waals surface area contributed by atoms with Gasteiger partial charge in [-0.2, -0.15) is 13.4 Å². The topological polar surface area (TPSA) is 108 Å². The van der Waals surface area contributed by atoms with E-state index in [1.807, 2.05) is 0 Å². The molecule has 1 aliphatic heterocycles. The first kappa shape index (κ1) is 20.5. The monoisotopic (exact) mass is 458 g/mol. The first-order chi connectivity index (χ1) is 13.2. The van der Waals surface area contributed by atoms with Gasteiger partial charge in [-0.3, -0.25) is 4.79 Å². The summed E-state index contributed by atoms with van der Waals surface area (Å²) in [6.07, 6.45) is 1.52. The number of aliphatic imine (C=N–C) groups is 1. The molecule has 1 heterocycles. The Bertz CT molecular complexity index is 1110. The number of carbonyl (C=O) groups is 1. The summed E-state index contributed by atoms with van der Waals surface area (Å²) in [6.45, 7) is 0. The molecule has 0 spiro atoms. The summed E-state index contributed by atoms with van der Waals surface area (Å²) in [5.41, 5.74) is 6.00. The number of hydrogen-bond donors (Lipinski definition) is 1. The zero-order valence-corrected chi connectivity index (χ0v) is 17.3. The van der Waals surface area contributed by atoms with Gasteiger partial charge < -0.3 is 14.7 Å². The lowest BCUT2D eigenvalue weighted by Crippen LogP contribution is -2.10. The smallest absolute Gasteiger partial charge is 0.339 e. The summed E-state index contributed by atoms with van der Waals surface area (Å²) in [4.78, 5) is 15.5. The number of amidine groups is 1. The van der Waals surface area contributed by atoms with Crippen LogP contribution in [0.1, 0.15) is 5.56 Å². The van der Waals surface area contributed by atoms with Crippen molar-refractivity contribution in [3.63, 3.8) is 0 Å². The van der Waals surface area contributed by atoms with Crippen LogP contribution in [0.2, 0.25) is 10.0 Å². The van der Waals surface area contributed by atoms with E-state index in [2.05, 4.69) is 4.99 Å². The van der Waals surface area contributed by atoms with Crippen LogP contribution in [0.4, 0.5) is 0 Å². The largest absolute Gasteiger partial charge is 0.493 e. The maximum atomic E-state index is 12.5. The van der Waals surface area contributed by atoms with Gasteiger partial charge in [0.25, 0.3) is 5.91 Å². The van der Waals surface area contributed by atoms with E-state index in [1.54, 1.807) is 0 Å². The predicted molar refractivity (Wildman–Crippen MR) is 109 cm³/mol. The average Bonchev–Trinajstić information content (AvgIpc) is 2.94. The van der Waals surface area contributed by atoms with Crippen molar-refractivity contribution in [1.29, 1.82) is 0 Å². The molecule has 1 aliphatic rings. The third-order valence-corrected chi connectivity index (χ3v) is 6.06. The lowest BCUT2D eigenvalue weighted by Gasteiger charge is -2.13. The molecule has 0 radical (unpaired) electrons. The highest BCUT2D eigenvalue weighted by atomic mass is 35.5. The fraction of sp³-hybridized carbons (Fsp3) is 0.0588. The van der Waals surface area contributed by atoms with Gasteiger partial charge in [-0.05, 0) is 59.8 Å². The van der Waals surface area contributed by atoms with Crippen molar-refractivity contribution in [2.75, 3.05) is 7.11 Å². The van der Waals surface area contributed by atoms with Crippen LogP contribution in [-0.4, -0.2) is 26.6 Å². The van der Waals surface area contributed by atoms with Gasteiger partial charge in [-0.15, -0.1) is 0 Å². The highest BCUT2D eigenvalue weighted by molar-refractivity contribution is 8.18. The second kappa shape index (κ2) is 8.04. The van der Waals surface area contributed by atoms with Crippen LogP contribution >= 0.6 is 35.0 Å². The first-order valence-corrected chi connectivity index (χ1v) is 10.5. The van der Waals surface area contributed by atoms with Crippen LogP contribution in [0, 0.1) is 0 Å². The molecule has 0 saturated heterocycles. The molecule has 0 unspecified atom stereocenters. The van der Waals surface area contributed by atoms with Crippen LogP contribution in [0.5, 0.6) is 11.5 Å². The van der Waals surface area contributed by atoms with E-state index in [9.17, 15) is 13.2 Å². The van der Waals surface area contributed by atoms with E-state index in [0.29, 0.717) is 15.5 Å². The zero-order chi connectivity index (χ0) is 20.5. The summed E-state index contributed by atoms with van der Waals surface area (Å²) in [5.74, 6) is -0.577. The minimum atomic E-state index is -4.17. The molecule has 1 amide bonds. The van der Waals surface area contributed by atoms with Crippen LogP contribution in [-0.2, 0) is 14.9 Å². The number of halogens is 2. The molecule has 2 aromatic carbocycles. The molecule has 3 rings (SSSR count). The van der Waals surface area contributed by atoms with Crippen molar-refractivity contribution >= 4 is 62.2 Å². The second-order valence-corrected chi connectivity index (χ2v) is 8.84. The standard InChI is InChI=1S/C17H12Cl2N2O5S2/c1-25-13-7-9(8-14-16(22)21-17(20)27-14)6-12(19)15(13)26-28(23,24)11-4-2-10(18)3-5-11/h2-8H,1H3,(H2,20,21,22). The van der Waals surface area contributed by atoms with Crippen molar-refractivity contribution in [1.82, 2.24) is 0 Å². The second-order valence-electron chi connectivity index (χ2n) is 5.39. The highest BCUT2D eigenvalue weighted by Crippen LogP contribution is 2.39. The van der Waals surface area contributed by atoms with Crippen LogP contribution in [0.15, 0.2) is 51.2 Å². The van der Waals surface area contributed by atoms with Crippen molar-refractivity contribution < 1.29 is 22.1 Å². The summed E-state index contributed by atoms with van der Waals surface area (Å²) in [7, 11) is -2.83. The van der Waals surface area contributed by atoms with Gasteiger partial charge in [0.2, 0.25) is 5.75 Å². The first-order valence-electron chi connectivity index (χ1n) is 7.55. The molecular weight excluding hydrogens is 447 g/mol.